The molecular weight excluding hydrogens is 362 g/mol. The lowest BCUT2D eigenvalue weighted by Crippen LogP contribution is -2.44. The lowest BCUT2D eigenvalue weighted by atomic mass is 9.73. The van der Waals surface area contributed by atoms with Crippen molar-refractivity contribution in [3.63, 3.8) is 0 Å². The summed E-state index contributed by atoms with van der Waals surface area (Å²) in [5.74, 6) is 0.705. The van der Waals surface area contributed by atoms with Gasteiger partial charge in [0.15, 0.2) is 0 Å². The van der Waals surface area contributed by atoms with E-state index in [0.29, 0.717) is 24.8 Å². The molecule has 2 aromatic rings. The van der Waals surface area contributed by atoms with Gasteiger partial charge in [0.05, 0.1) is 7.11 Å². The molecule has 1 amide bonds. The Labute approximate surface area is 165 Å². The van der Waals surface area contributed by atoms with Crippen molar-refractivity contribution in [1.82, 2.24) is 5.32 Å². The second-order valence-corrected chi connectivity index (χ2v) is 7.07. The highest BCUT2D eigenvalue weighted by Crippen LogP contribution is 2.39. The maximum atomic E-state index is 12.4. The fourth-order valence-corrected chi connectivity index (χ4v) is 3.68. The van der Waals surface area contributed by atoms with Crippen molar-refractivity contribution in [2.45, 2.75) is 18.3 Å². The van der Waals surface area contributed by atoms with Gasteiger partial charge in [-0.05, 0) is 36.6 Å². The number of nitrogens with one attached hydrogen (secondary N) is 1. The third kappa shape index (κ3) is 4.71. The Balaban J connectivity index is 1.74. The molecule has 0 saturated carbocycles. The maximum absolute atomic E-state index is 12.4. The molecule has 4 nitrogen and oxygen atoms in total. The highest BCUT2D eigenvalue weighted by molar-refractivity contribution is 6.32. The first kappa shape index (κ1) is 19.5. The van der Waals surface area contributed by atoms with E-state index < -0.39 is 0 Å². The van der Waals surface area contributed by atoms with Crippen LogP contribution in [0.1, 0.15) is 24.0 Å². The van der Waals surface area contributed by atoms with Crippen LogP contribution in [0.25, 0.3) is 6.08 Å². The topological polar surface area (TPSA) is 47.6 Å². The molecule has 142 valence electrons. The predicted octanol–water partition coefficient (Wildman–Crippen LogP) is 4.23. The van der Waals surface area contributed by atoms with Crippen molar-refractivity contribution in [3.05, 3.63) is 70.8 Å². The zero-order valence-electron chi connectivity index (χ0n) is 15.4. The lowest BCUT2D eigenvalue weighted by Gasteiger charge is -2.38. The number of halogens is 1. The summed E-state index contributed by atoms with van der Waals surface area (Å²) in [6.45, 7) is 1.87. The standard InChI is InChI=1S/C22H24ClNO3/c1-26-20-9-5-3-7-18(20)22(12-14-27-15-13-22)16-24-21(25)11-10-17-6-2-4-8-19(17)23/h2-11H,12-16H2,1H3,(H,24,25)/b11-10+. The first-order chi connectivity index (χ1) is 13.1. The number of ether oxygens (including phenoxy) is 2. The average Bonchev–Trinajstić information content (AvgIpc) is 2.72. The molecule has 5 heteroatoms. The van der Waals surface area contributed by atoms with Crippen molar-refractivity contribution in [2.75, 3.05) is 26.9 Å². The van der Waals surface area contributed by atoms with Crippen molar-refractivity contribution in [3.8, 4) is 5.75 Å². The molecule has 1 saturated heterocycles. The van der Waals surface area contributed by atoms with Crippen LogP contribution >= 0.6 is 11.6 Å². The van der Waals surface area contributed by atoms with Gasteiger partial charge in [0, 0.05) is 41.8 Å². The van der Waals surface area contributed by atoms with E-state index in [1.807, 2.05) is 36.4 Å². The fourth-order valence-electron chi connectivity index (χ4n) is 3.48. The maximum Gasteiger partial charge on any atom is 0.244 e. The Morgan fingerprint density at radius 1 is 1.19 bits per heavy atom. The van der Waals surface area contributed by atoms with E-state index in [-0.39, 0.29) is 11.3 Å². The first-order valence-corrected chi connectivity index (χ1v) is 9.44. The van der Waals surface area contributed by atoms with Crippen LogP contribution in [0, 0.1) is 0 Å². The third-order valence-corrected chi connectivity index (χ3v) is 5.39. The molecule has 0 spiro atoms. The van der Waals surface area contributed by atoms with Gasteiger partial charge in [-0.2, -0.15) is 0 Å². The first-order valence-electron chi connectivity index (χ1n) is 9.06. The molecule has 1 fully saturated rings. The average molecular weight is 386 g/mol. The molecule has 0 unspecified atom stereocenters. The lowest BCUT2D eigenvalue weighted by molar-refractivity contribution is -0.116. The number of benzene rings is 2. The number of para-hydroxylation sites is 1. The zero-order valence-corrected chi connectivity index (χ0v) is 16.2. The number of hydrogen-bond donors (Lipinski definition) is 1. The summed E-state index contributed by atoms with van der Waals surface area (Å²) in [5, 5.41) is 3.67. The summed E-state index contributed by atoms with van der Waals surface area (Å²) in [4.78, 5) is 12.4. The van der Waals surface area contributed by atoms with E-state index in [1.54, 1.807) is 19.3 Å². The van der Waals surface area contributed by atoms with Crippen molar-refractivity contribution < 1.29 is 14.3 Å². The van der Waals surface area contributed by atoms with Crippen LogP contribution in [0.2, 0.25) is 5.02 Å². The smallest absolute Gasteiger partial charge is 0.244 e. The van der Waals surface area contributed by atoms with E-state index in [1.165, 1.54) is 6.08 Å². The van der Waals surface area contributed by atoms with Gasteiger partial charge in [0.2, 0.25) is 5.91 Å². The summed E-state index contributed by atoms with van der Waals surface area (Å²) in [6, 6.07) is 15.4. The van der Waals surface area contributed by atoms with E-state index in [2.05, 4.69) is 11.4 Å². The molecule has 3 rings (SSSR count). The zero-order chi connectivity index (χ0) is 19.1. The summed E-state index contributed by atoms with van der Waals surface area (Å²) >= 11 is 6.13. The summed E-state index contributed by atoms with van der Waals surface area (Å²) in [5.41, 5.74) is 1.74. The van der Waals surface area contributed by atoms with Crippen LogP contribution in [0.4, 0.5) is 0 Å². The number of carbonyl (C=O) groups is 1. The van der Waals surface area contributed by atoms with Crippen molar-refractivity contribution >= 4 is 23.6 Å². The number of amides is 1. The molecule has 27 heavy (non-hydrogen) atoms. The Bertz CT molecular complexity index is 813. The van der Waals surface area contributed by atoms with Crippen molar-refractivity contribution in [2.24, 2.45) is 0 Å². The van der Waals surface area contributed by atoms with Gasteiger partial charge in [-0.25, -0.2) is 0 Å². The van der Waals surface area contributed by atoms with Crippen LogP contribution < -0.4 is 10.1 Å². The van der Waals surface area contributed by atoms with Gasteiger partial charge in [-0.1, -0.05) is 48.0 Å². The monoisotopic (exact) mass is 385 g/mol. The van der Waals surface area contributed by atoms with E-state index >= 15 is 0 Å². The van der Waals surface area contributed by atoms with Gasteiger partial charge < -0.3 is 14.8 Å². The number of hydrogen-bond acceptors (Lipinski definition) is 3. The molecule has 1 heterocycles. The molecule has 2 aromatic carbocycles. The second kappa shape index (κ2) is 9.07. The van der Waals surface area contributed by atoms with Gasteiger partial charge in [-0.3, -0.25) is 4.79 Å². The van der Waals surface area contributed by atoms with Gasteiger partial charge in [-0.15, -0.1) is 0 Å². The minimum absolute atomic E-state index is 0.143. The quantitative estimate of drug-likeness (QED) is 0.757. The largest absolute Gasteiger partial charge is 0.496 e. The highest BCUT2D eigenvalue weighted by atomic mass is 35.5. The third-order valence-electron chi connectivity index (χ3n) is 5.05. The molecule has 0 bridgehead atoms. The molecule has 1 N–H and O–H groups in total. The normalized spacial score (nSPS) is 16.2. The Hall–Kier alpha value is -2.30. The molecule has 0 atom stereocenters. The molecule has 0 aromatic heterocycles. The fraction of sp³-hybridized carbons (Fsp3) is 0.318. The second-order valence-electron chi connectivity index (χ2n) is 6.67. The van der Waals surface area contributed by atoms with E-state index in [9.17, 15) is 4.79 Å². The summed E-state index contributed by atoms with van der Waals surface area (Å²) < 4.78 is 11.1. The summed E-state index contributed by atoms with van der Waals surface area (Å²) in [7, 11) is 1.68. The Morgan fingerprint density at radius 2 is 1.89 bits per heavy atom. The Kier molecular flexibility index (Phi) is 6.54. The minimum atomic E-state index is -0.196. The van der Waals surface area contributed by atoms with Gasteiger partial charge in [0.1, 0.15) is 5.75 Å². The number of methoxy groups -OCH3 is 1. The van der Waals surface area contributed by atoms with Crippen LogP contribution in [0.15, 0.2) is 54.6 Å². The number of carbonyl (C=O) groups excluding carboxylic acids is 1. The molecule has 0 aliphatic carbocycles. The SMILES string of the molecule is COc1ccccc1C1(CNC(=O)/C=C/c2ccccc2Cl)CCOCC1. The van der Waals surface area contributed by atoms with Crippen molar-refractivity contribution in [1.29, 1.82) is 0 Å². The van der Waals surface area contributed by atoms with Crippen LogP contribution in [-0.4, -0.2) is 32.8 Å². The van der Waals surface area contributed by atoms with E-state index in [0.717, 1.165) is 29.7 Å². The van der Waals surface area contributed by atoms with Crippen LogP contribution in [-0.2, 0) is 14.9 Å². The minimum Gasteiger partial charge on any atom is -0.496 e. The van der Waals surface area contributed by atoms with E-state index in [4.69, 9.17) is 21.1 Å². The summed E-state index contributed by atoms with van der Waals surface area (Å²) in [6.07, 6.45) is 4.93. The highest BCUT2D eigenvalue weighted by Gasteiger charge is 2.36. The predicted molar refractivity (Wildman–Crippen MR) is 108 cm³/mol. The molecular formula is C22H24ClNO3. The van der Waals surface area contributed by atoms with Crippen LogP contribution in [0.5, 0.6) is 5.75 Å². The molecule has 0 radical (unpaired) electrons. The number of rotatable bonds is 6. The Morgan fingerprint density at radius 3 is 2.63 bits per heavy atom. The molecule has 1 aliphatic heterocycles. The van der Waals surface area contributed by atoms with Gasteiger partial charge >= 0.3 is 0 Å². The molecule has 1 aliphatic rings. The van der Waals surface area contributed by atoms with Gasteiger partial charge in [0.25, 0.3) is 0 Å². The van der Waals surface area contributed by atoms with Crippen LogP contribution in [0.3, 0.4) is 0 Å².